The Morgan fingerprint density at radius 3 is 2.56 bits per heavy atom. The van der Waals surface area contributed by atoms with Gasteiger partial charge in [-0.2, -0.15) is 0 Å². The van der Waals surface area contributed by atoms with E-state index in [0.717, 1.165) is 12.2 Å². The highest BCUT2D eigenvalue weighted by Crippen LogP contribution is 2.21. The van der Waals surface area contributed by atoms with Gasteiger partial charge in [0.1, 0.15) is 11.6 Å². The van der Waals surface area contributed by atoms with Crippen LogP contribution in [0.4, 0.5) is 0 Å². The Labute approximate surface area is 192 Å². The highest BCUT2D eigenvalue weighted by atomic mass is 32.2. The van der Waals surface area contributed by atoms with Gasteiger partial charge in [-0.3, -0.25) is 14.2 Å². The number of carbonyl (C=O) groups is 2. The van der Waals surface area contributed by atoms with Crippen molar-refractivity contribution in [2.75, 3.05) is 5.75 Å². The molecule has 0 unspecified atom stereocenters. The van der Waals surface area contributed by atoms with Crippen molar-refractivity contribution in [1.29, 1.82) is 0 Å². The number of hydrogen-bond acceptors (Lipinski definition) is 6. The summed E-state index contributed by atoms with van der Waals surface area (Å²) in [4.78, 5) is 23.9. The van der Waals surface area contributed by atoms with Crippen LogP contribution in [0.2, 0.25) is 0 Å². The zero-order valence-electron chi connectivity index (χ0n) is 18.5. The summed E-state index contributed by atoms with van der Waals surface area (Å²) in [6.45, 7) is 2.64. The molecule has 0 bridgehead atoms. The number of hydrogen-bond donors (Lipinski definition) is 1. The van der Waals surface area contributed by atoms with Crippen LogP contribution >= 0.6 is 11.8 Å². The predicted molar refractivity (Wildman–Crippen MR) is 125 cm³/mol. The number of amides is 1. The van der Waals surface area contributed by atoms with Gasteiger partial charge in [-0.05, 0) is 30.5 Å². The van der Waals surface area contributed by atoms with Gasteiger partial charge in [0.15, 0.2) is 10.9 Å². The minimum absolute atomic E-state index is 0.0405. The van der Waals surface area contributed by atoms with Crippen LogP contribution in [0.25, 0.3) is 0 Å². The van der Waals surface area contributed by atoms with Gasteiger partial charge in [0, 0.05) is 18.4 Å². The molecule has 7 nitrogen and oxygen atoms in total. The molecule has 1 aromatic carbocycles. The Bertz CT molecular complexity index is 997. The van der Waals surface area contributed by atoms with Gasteiger partial charge in [-0.25, -0.2) is 0 Å². The van der Waals surface area contributed by atoms with Crippen molar-refractivity contribution in [3.63, 3.8) is 0 Å². The van der Waals surface area contributed by atoms with Crippen molar-refractivity contribution in [3.05, 3.63) is 65.4 Å². The third-order valence-electron chi connectivity index (χ3n) is 5.21. The van der Waals surface area contributed by atoms with E-state index in [9.17, 15) is 9.59 Å². The zero-order valence-corrected chi connectivity index (χ0v) is 19.3. The Morgan fingerprint density at radius 2 is 1.88 bits per heavy atom. The lowest BCUT2D eigenvalue weighted by Crippen LogP contribution is -2.14. The van der Waals surface area contributed by atoms with Crippen molar-refractivity contribution in [3.8, 4) is 0 Å². The number of benzene rings is 1. The molecule has 32 heavy (non-hydrogen) atoms. The molecule has 0 radical (unpaired) electrons. The number of aromatic nitrogens is 3. The summed E-state index contributed by atoms with van der Waals surface area (Å²) < 4.78 is 7.32. The van der Waals surface area contributed by atoms with Gasteiger partial charge >= 0.3 is 0 Å². The van der Waals surface area contributed by atoms with Gasteiger partial charge in [-0.15, -0.1) is 10.2 Å². The molecule has 0 spiro atoms. The fraction of sp³-hybridized carbons (Fsp3) is 0.417. The van der Waals surface area contributed by atoms with Gasteiger partial charge in [0.25, 0.3) is 0 Å². The van der Waals surface area contributed by atoms with Crippen molar-refractivity contribution in [2.24, 2.45) is 5.73 Å². The maximum Gasteiger partial charge on any atom is 0.217 e. The second-order valence-corrected chi connectivity index (χ2v) is 8.69. The van der Waals surface area contributed by atoms with Crippen molar-refractivity contribution in [1.82, 2.24) is 14.8 Å². The minimum Gasteiger partial charge on any atom is -0.467 e. The second-order valence-electron chi connectivity index (χ2n) is 7.75. The second kappa shape index (κ2) is 12.2. The Morgan fingerprint density at radius 1 is 1.06 bits per heavy atom. The molecule has 2 N–H and O–H groups in total. The van der Waals surface area contributed by atoms with Gasteiger partial charge in [0.05, 0.1) is 18.6 Å². The first-order chi connectivity index (χ1) is 15.6. The van der Waals surface area contributed by atoms with Gasteiger partial charge in [0.2, 0.25) is 5.91 Å². The van der Waals surface area contributed by atoms with Crippen LogP contribution in [0.5, 0.6) is 0 Å². The number of ketones is 1. The van der Waals surface area contributed by atoms with Crippen LogP contribution < -0.4 is 5.73 Å². The fourth-order valence-corrected chi connectivity index (χ4v) is 4.24. The number of aryl methyl sites for hydroxylation is 2. The molecule has 0 aliphatic rings. The van der Waals surface area contributed by atoms with E-state index in [4.69, 9.17) is 10.2 Å². The van der Waals surface area contributed by atoms with E-state index in [1.54, 1.807) is 6.26 Å². The van der Waals surface area contributed by atoms with Crippen LogP contribution in [0.15, 0.2) is 52.2 Å². The van der Waals surface area contributed by atoms with Crippen LogP contribution in [0.1, 0.15) is 66.5 Å². The molecule has 0 aliphatic carbocycles. The Balaban J connectivity index is 1.61. The van der Waals surface area contributed by atoms with E-state index in [0.29, 0.717) is 29.5 Å². The molecule has 8 heteroatoms. The summed E-state index contributed by atoms with van der Waals surface area (Å²) in [6.07, 6.45) is 8.14. The standard InChI is InChI=1S/C24H30N4O3S/c1-2-3-4-5-7-18-9-11-19(12-10-18)21(29)17-32-24-27-26-23(14-13-22(25)30)28(24)16-20-8-6-15-31-20/h6,8-12,15H,2-5,7,13-14,16-17H2,1H3,(H2,25,30). The van der Waals surface area contributed by atoms with E-state index in [1.807, 2.05) is 41.0 Å². The molecule has 3 aromatic rings. The quantitative estimate of drug-likeness (QED) is 0.219. The number of unbranched alkanes of at least 4 members (excludes halogenated alkanes) is 3. The highest BCUT2D eigenvalue weighted by molar-refractivity contribution is 7.99. The van der Waals surface area contributed by atoms with E-state index < -0.39 is 5.91 Å². The zero-order chi connectivity index (χ0) is 22.8. The molecule has 0 saturated heterocycles. The number of nitrogens with two attached hydrogens (primary N) is 1. The van der Waals surface area contributed by atoms with Crippen molar-refractivity contribution >= 4 is 23.5 Å². The Kier molecular flexibility index (Phi) is 9.10. The predicted octanol–water partition coefficient (Wildman–Crippen LogP) is 4.44. The minimum atomic E-state index is -0.393. The first-order valence-corrected chi connectivity index (χ1v) is 12.0. The number of thioether (sulfide) groups is 1. The number of nitrogens with zero attached hydrogens (tertiary/aromatic N) is 3. The molecule has 0 saturated carbocycles. The number of rotatable bonds is 14. The molecule has 1 amide bonds. The summed E-state index contributed by atoms with van der Waals surface area (Å²) in [5.74, 6) is 1.28. The van der Waals surface area contributed by atoms with E-state index in [-0.39, 0.29) is 18.0 Å². The molecule has 0 atom stereocenters. The molecular formula is C24H30N4O3S. The van der Waals surface area contributed by atoms with E-state index >= 15 is 0 Å². The van der Waals surface area contributed by atoms with E-state index in [2.05, 4.69) is 17.1 Å². The lowest BCUT2D eigenvalue weighted by Gasteiger charge is -2.08. The highest BCUT2D eigenvalue weighted by Gasteiger charge is 2.17. The van der Waals surface area contributed by atoms with Crippen LogP contribution in [-0.2, 0) is 24.2 Å². The van der Waals surface area contributed by atoms with Gasteiger partial charge in [-0.1, -0.05) is 62.2 Å². The van der Waals surface area contributed by atoms with Crippen LogP contribution in [0.3, 0.4) is 0 Å². The molecule has 0 fully saturated rings. The number of carbonyl (C=O) groups excluding carboxylic acids is 2. The van der Waals surface area contributed by atoms with Gasteiger partial charge < -0.3 is 10.2 Å². The Hall–Kier alpha value is -2.87. The smallest absolute Gasteiger partial charge is 0.217 e. The SMILES string of the molecule is CCCCCCc1ccc(C(=O)CSc2nnc(CCC(N)=O)n2Cc2ccco2)cc1. The first kappa shape index (κ1) is 23.8. The molecule has 3 rings (SSSR count). The third-order valence-corrected chi connectivity index (χ3v) is 6.18. The number of furan rings is 1. The molecule has 2 aromatic heterocycles. The van der Waals surface area contributed by atoms with Crippen molar-refractivity contribution < 1.29 is 14.0 Å². The lowest BCUT2D eigenvalue weighted by molar-refractivity contribution is -0.118. The maximum absolute atomic E-state index is 12.7. The average Bonchev–Trinajstić information content (AvgIpc) is 3.44. The molecule has 2 heterocycles. The first-order valence-electron chi connectivity index (χ1n) is 11.0. The largest absolute Gasteiger partial charge is 0.467 e. The summed E-state index contributed by atoms with van der Waals surface area (Å²) in [5.41, 5.74) is 7.24. The number of primary amides is 1. The fourth-order valence-electron chi connectivity index (χ4n) is 3.39. The molecule has 170 valence electrons. The summed E-state index contributed by atoms with van der Waals surface area (Å²) in [5, 5.41) is 9.05. The normalized spacial score (nSPS) is 11.0. The number of Topliss-reactive ketones (excluding diaryl/α,β-unsaturated/α-hetero) is 1. The molecular weight excluding hydrogens is 424 g/mol. The van der Waals surface area contributed by atoms with E-state index in [1.165, 1.54) is 43.0 Å². The summed E-state index contributed by atoms with van der Waals surface area (Å²) in [6, 6.07) is 11.6. The lowest BCUT2D eigenvalue weighted by atomic mass is 10.0. The monoisotopic (exact) mass is 454 g/mol. The molecule has 0 aliphatic heterocycles. The van der Waals surface area contributed by atoms with Crippen LogP contribution in [0, 0.1) is 0 Å². The topological polar surface area (TPSA) is 104 Å². The third kappa shape index (κ3) is 7.09. The van der Waals surface area contributed by atoms with Crippen molar-refractivity contribution in [2.45, 2.75) is 63.6 Å². The summed E-state index contributed by atoms with van der Waals surface area (Å²) in [7, 11) is 0. The van der Waals surface area contributed by atoms with Crippen LogP contribution in [-0.4, -0.2) is 32.2 Å². The average molecular weight is 455 g/mol. The summed E-state index contributed by atoms with van der Waals surface area (Å²) >= 11 is 1.33. The maximum atomic E-state index is 12.7.